The molecule has 1 fully saturated rings. The Morgan fingerprint density at radius 1 is 1.28 bits per heavy atom. The Bertz CT molecular complexity index is 928. The number of aromatic nitrogens is 2. The average Bonchev–Trinajstić information content (AvgIpc) is 3.11. The smallest absolute Gasteiger partial charge is 0.251 e. The number of rotatable bonds is 5. The van der Waals surface area contributed by atoms with Crippen LogP contribution in [0.5, 0.6) is 0 Å². The van der Waals surface area contributed by atoms with Crippen molar-refractivity contribution in [3.05, 3.63) is 48.3 Å². The van der Waals surface area contributed by atoms with Crippen LogP contribution < -0.4 is 10.6 Å². The van der Waals surface area contributed by atoms with Crippen molar-refractivity contribution in [3.8, 4) is 5.13 Å². The van der Waals surface area contributed by atoms with Crippen LogP contribution in [-0.4, -0.2) is 33.4 Å². The summed E-state index contributed by atoms with van der Waals surface area (Å²) in [4.78, 5) is 29.0. The second-order valence-electron chi connectivity index (χ2n) is 6.25. The van der Waals surface area contributed by atoms with E-state index in [2.05, 4.69) is 15.6 Å². The third-order valence-corrected chi connectivity index (χ3v) is 5.16. The molecular formula is C18H18N4O2S. The zero-order chi connectivity index (χ0) is 17.4. The highest BCUT2D eigenvalue weighted by Crippen LogP contribution is 2.26. The minimum atomic E-state index is -0.555. The Morgan fingerprint density at radius 3 is 2.76 bits per heavy atom. The number of amides is 2. The van der Waals surface area contributed by atoms with Gasteiger partial charge in [-0.2, -0.15) is 0 Å². The van der Waals surface area contributed by atoms with Gasteiger partial charge >= 0.3 is 0 Å². The van der Waals surface area contributed by atoms with Gasteiger partial charge in [-0.1, -0.05) is 11.3 Å². The lowest BCUT2D eigenvalue weighted by atomic mass is 10.2. The number of nitrogens with one attached hydrogen (secondary N) is 2. The van der Waals surface area contributed by atoms with Crippen LogP contribution in [0.3, 0.4) is 0 Å². The summed E-state index contributed by atoms with van der Waals surface area (Å²) < 4.78 is 2.88. The molecule has 0 unspecified atom stereocenters. The number of nitrogens with zero attached hydrogens (tertiary/aromatic N) is 2. The minimum Gasteiger partial charge on any atom is -0.352 e. The van der Waals surface area contributed by atoms with Gasteiger partial charge in [-0.15, -0.1) is 0 Å². The van der Waals surface area contributed by atoms with Crippen LogP contribution in [0.4, 0.5) is 0 Å². The summed E-state index contributed by atoms with van der Waals surface area (Å²) in [6.45, 7) is 1.70. The van der Waals surface area contributed by atoms with Crippen molar-refractivity contribution >= 4 is 33.4 Å². The Balaban J connectivity index is 1.50. The molecule has 0 bridgehead atoms. The standard InChI is InChI=1S/C18H18N4O2S/c1-11(16(23)20-13-5-6-13)19-17(24)12-4-7-14-15(10-12)25-18(21-14)22-8-2-3-9-22/h2-4,7-11,13H,5-6H2,1H3,(H,19,24)(H,20,23)/t11-/m1/s1. The van der Waals surface area contributed by atoms with Gasteiger partial charge in [0.15, 0.2) is 5.13 Å². The molecule has 4 rings (SSSR count). The van der Waals surface area contributed by atoms with Crippen LogP contribution in [0.15, 0.2) is 42.7 Å². The maximum atomic E-state index is 12.4. The Labute approximate surface area is 148 Å². The molecule has 2 amide bonds. The predicted molar refractivity (Wildman–Crippen MR) is 97.0 cm³/mol. The molecule has 1 aromatic carbocycles. The van der Waals surface area contributed by atoms with E-state index in [-0.39, 0.29) is 17.9 Å². The summed E-state index contributed by atoms with van der Waals surface area (Å²) in [5.74, 6) is -0.388. The number of carbonyl (C=O) groups is 2. The third kappa shape index (κ3) is 3.41. The summed E-state index contributed by atoms with van der Waals surface area (Å²) in [6, 6.07) is 9.01. The molecule has 1 saturated carbocycles. The monoisotopic (exact) mass is 354 g/mol. The van der Waals surface area contributed by atoms with Gasteiger partial charge in [0, 0.05) is 24.0 Å². The van der Waals surface area contributed by atoms with Crippen molar-refractivity contribution in [2.45, 2.75) is 31.8 Å². The highest BCUT2D eigenvalue weighted by molar-refractivity contribution is 7.20. The number of hydrogen-bond acceptors (Lipinski definition) is 4. The maximum absolute atomic E-state index is 12.4. The second kappa shape index (κ2) is 6.33. The molecule has 3 aromatic rings. The topological polar surface area (TPSA) is 76.0 Å². The van der Waals surface area contributed by atoms with E-state index in [0.717, 1.165) is 28.2 Å². The molecule has 0 radical (unpaired) electrons. The fourth-order valence-corrected chi connectivity index (χ4v) is 3.50. The molecular weight excluding hydrogens is 336 g/mol. The quantitative estimate of drug-likeness (QED) is 0.739. The van der Waals surface area contributed by atoms with E-state index in [9.17, 15) is 9.59 Å². The lowest BCUT2D eigenvalue weighted by Crippen LogP contribution is -2.45. The normalized spacial score (nSPS) is 15.1. The highest BCUT2D eigenvalue weighted by atomic mass is 32.1. The van der Waals surface area contributed by atoms with Crippen molar-refractivity contribution in [2.75, 3.05) is 0 Å². The summed E-state index contributed by atoms with van der Waals surface area (Å²) in [5, 5.41) is 6.51. The summed E-state index contributed by atoms with van der Waals surface area (Å²) in [6.07, 6.45) is 5.92. The van der Waals surface area contributed by atoms with Gasteiger partial charge < -0.3 is 15.2 Å². The van der Waals surface area contributed by atoms with Gasteiger partial charge in [-0.25, -0.2) is 4.98 Å². The molecule has 6 nitrogen and oxygen atoms in total. The number of benzene rings is 1. The number of carbonyl (C=O) groups excluding carboxylic acids is 2. The molecule has 0 spiro atoms. The fourth-order valence-electron chi connectivity index (χ4n) is 2.53. The van der Waals surface area contributed by atoms with Crippen LogP contribution in [0, 0.1) is 0 Å². The first-order valence-electron chi connectivity index (χ1n) is 8.25. The lowest BCUT2D eigenvalue weighted by Gasteiger charge is -2.13. The van der Waals surface area contributed by atoms with Crippen molar-refractivity contribution in [2.24, 2.45) is 0 Å². The summed E-state index contributed by atoms with van der Waals surface area (Å²) >= 11 is 1.52. The van der Waals surface area contributed by atoms with Gasteiger partial charge in [0.2, 0.25) is 5.91 Å². The largest absolute Gasteiger partial charge is 0.352 e. The lowest BCUT2D eigenvalue weighted by molar-refractivity contribution is -0.122. The van der Waals surface area contributed by atoms with Gasteiger partial charge in [0.05, 0.1) is 10.2 Å². The molecule has 1 aliphatic rings. The molecule has 2 aromatic heterocycles. The Kier molecular flexibility index (Phi) is 4.01. The van der Waals surface area contributed by atoms with Crippen LogP contribution in [-0.2, 0) is 4.79 Å². The minimum absolute atomic E-state index is 0.135. The summed E-state index contributed by atoms with van der Waals surface area (Å²) in [7, 11) is 0. The average molecular weight is 354 g/mol. The molecule has 0 saturated heterocycles. The second-order valence-corrected chi connectivity index (χ2v) is 7.26. The van der Waals surface area contributed by atoms with E-state index in [4.69, 9.17) is 0 Å². The number of hydrogen-bond donors (Lipinski definition) is 2. The predicted octanol–water partition coefficient (Wildman–Crippen LogP) is 2.48. The van der Waals surface area contributed by atoms with Crippen molar-refractivity contribution in [1.29, 1.82) is 0 Å². The van der Waals surface area contributed by atoms with Crippen LogP contribution in [0.1, 0.15) is 30.1 Å². The highest BCUT2D eigenvalue weighted by Gasteiger charge is 2.26. The fraction of sp³-hybridized carbons (Fsp3) is 0.278. The molecule has 1 aliphatic carbocycles. The van der Waals surface area contributed by atoms with Gasteiger partial charge in [-0.05, 0) is 50.1 Å². The van der Waals surface area contributed by atoms with E-state index in [0.29, 0.717) is 5.56 Å². The molecule has 7 heteroatoms. The van der Waals surface area contributed by atoms with E-state index >= 15 is 0 Å². The zero-order valence-electron chi connectivity index (χ0n) is 13.7. The molecule has 128 valence electrons. The van der Waals surface area contributed by atoms with E-state index in [1.165, 1.54) is 11.3 Å². The van der Waals surface area contributed by atoms with Crippen LogP contribution in [0.2, 0.25) is 0 Å². The van der Waals surface area contributed by atoms with Crippen LogP contribution in [0.25, 0.3) is 15.3 Å². The molecule has 2 heterocycles. The van der Waals surface area contributed by atoms with Crippen molar-refractivity contribution in [1.82, 2.24) is 20.2 Å². The first-order chi connectivity index (χ1) is 12.1. The molecule has 0 aliphatic heterocycles. The van der Waals surface area contributed by atoms with Crippen molar-refractivity contribution in [3.63, 3.8) is 0 Å². The van der Waals surface area contributed by atoms with Crippen molar-refractivity contribution < 1.29 is 9.59 Å². The van der Waals surface area contributed by atoms with Gasteiger partial charge in [0.25, 0.3) is 5.91 Å². The van der Waals surface area contributed by atoms with Gasteiger partial charge in [-0.3, -0.25) is 9.59 Å². The number of fused-ring (bicyclic) bond motifs is 1. The Morgan fingerprint density at radius 2 is 2.04 bits per heavy atom. The van der Waals surface area contributed by atoms with E-state index < -0.39 is 6.04 Å². The number of thiazole rings is 1. The summed E-state index contributed by atoms with van der Waals surface area (Å²) in [5.41, 5.74) is 1.38. The van der Waals surface area contributed by atoms with Crippen LogP contribution >= 0.6 is 11.3 Å². The van der Waals surface area contributed by atoms with E-state index in [1.807, 2.05) is 41.2 Å². The molecule has 25 heavy (non-hydrogen) atoms. The van der Waals surface area contributed by atoms with E-state index in [1.54, 1.807) is 13.0 Å². The molecule has 2 N–H and O–H groups in total. The first-order valence-corrected chi connectivity index (χ1v) is 9.07. The van der Waals surface area contributed by atoms with Gasteiger partial charge in [0.1, 0.15) is 6.04 Å². The molecule has 1 atom stereocenters. The maximum Gasteiger partial charge on any atom is 0.251 e. The first kappa shape index (κ1) is 15.8. The SMILES string of the molecule is C[C@@H](NC(=O)c1ccc2nc(-n3cccc3)sc2c1)C(=O)NC1CC1. The third-order valence-electron chi connectivity index (χ3n) is 4.13. The Hall–Kier alpha value is -2.67. The zero-order valence-corrected chi connectivity index (χ0v) is 14.5.